The van der Waals surface area contributed by atoms with Gasteiger partial charge in [-0.3, -0.25) is 0 Å². The number of halogens is 6. The number of alkyl halides is 6. The van der Waals surface area contributed by atoms with E-state index in [1.807, 2.05) is 30.3 Å². The summed E-state index contributed by atoms with van der Waals surface area (Å²) < 4.78 is 75.7. The summed E-state index contributed by atoms with van der Waals surface area (Å²) >= 11 is 0. The van der Waals surface area contributed by atoms with Gasteiger partial charge in [-0.2, -0.15) is 56.7 Å². The largest absolute Gasteiger partial charge is 2.00 e. The average molecular weight is 398 g/mol. The molecule has 0 atom stereocenters. The topological polar surface area (TPSA) is 0 Å². The maximum absolute atomic E-state index is 12.6. The second-order valence-electron chi connectivity index (χ2n) is 4.93. The summed E-state index contributed by atoms with van der Waals surface area (Å²) in [5.41, 5.74) is -2.40. The summed E-state index contributed by atoms with van der Waals surface area (Å²) in [7, 11) is 0. The molecule has 0 aromatic heterocycles. The van der Waals surface area contributed by atoms with E-state index in [1.54, 1.807) is 12.1 Å². The molecule has 0 saturated carbocycles. The molecule has 0 amide bonds. The molecule has 0 unspecified atom stereocenters. The third kappa shape index (κ3) is 6.11. The number of hydrogen-bond donors (Lipinski definition) is 0. The van der Waals surface area contributed by atoms with Crippen LogP contribution in [0, 0.1) is 0 Å². The Balaban J connectivity index is 0.000000448. The fourth-order valence-electron chi connectivity index (χ4n) is 2.01. The first-order chi connectivity index (χ1) is 11.2. The number of rotatable bonds is 1. The summed E-state index contributed by atoms with van der Waals surface area (Å²) in [5, 5.41) is 0. The van der Waals surface area contributed by atoms with Gasteiger partial charge in [0.05, 0.1) is 0 Å². The quantitative estimate of drug-likeness (QED) is 0.249. The van der Waals surface area contributed by atoms with E-state index in [0.29, 0.717) is 17.7 Å². The fourth-order valence-corrected chi connectivity index (χ4v) is 2.01. The summed E-state index contributed by atoms with van der Waals surface area (Å²) in [6, 6.07) is 17.5. The van der Waals surface area contributed by atoms with Crippen LogP contribution in [0.4, 0.5) is 26.3 Å². The van der Waals surface area contributed by atoms with Crippen LogP contribution in [0.25, 0.3) is 11.1 Å². The van der Waals surface area contributed by atoms with Crippen molar-refractivity contribution in [2.75, 3.05) is 0 Å². The Bertz CT molecular complexity index is 687. The molecule has 0 aliphatic carbocycles. The Labute approximate surface area is 151 Å². The van der Waals surface area contributed by atoms with Gasteiger partial charge in [0.1, 0.15) is 0 Å². The minimum atomic E-state index is -4.82. The molecule has 0 bridgehead atoms. The molecule has 3 aromatic carbocycles. The first-order valence-corrected chi connectivity index (χ1v) is 6.86. The van der Waals surface area contributed by atoms with E-state index < -0.39 is 23.5 Å². The van der Waals surface area contributed by atoms with Gasteiger partial charge in [0, 0.05) is 11.1 Å². The third-order valence-corrected chi connectivity index (χ3v) is 3.14. The van der Waals surface area contributed by atoms with Crippen LogP contribution in [0.15, 0.2) is 72.8 Å². The monoisotopic (exact) mass is 398 g/mol. The van der Waals surface area contributed by atoms with E-state index in [1.165, 1.54) is 12.1 Å². The van der Waals surface area contributed by atoms with Crippen molar-refractivity contribution in [2.45, 2.75) is 12.4 Å². The number of hydrogen-bond acceptors (Lipinski definition) is 0. The van der Waals surface area contributed by atoms with Gasteiger partial charge in [0.15, 0.2) is 0 Å². The van der Waals surface area contributed by atoms with Gasteiger partial charge < -0.3 is 0 Å². The third-order valence-electron chi connectivity index (χ3n) is 3.14. The van der Waals surface area contributed by atoms with E-state index in [4.69, 9.17) is 0 Å². The summed E-state index contributed by atoms with van der Waals surface area (Å²) in [5.74, 6) is 0. The zero-order valence-electron chi connectivity index (χ0n) is 12.5. The molecule has 134 valence electrons. The molecular weight excluding hydrogens is 386 g/mol. The van der Waals surface area contributed by atoms with Crippen molar-refractivity contribution >= 4 is 0 Å². The van der Waals surface area contributed by atoms with Crippen molar-refractivity contribution in [3.8, 4) is 11.1 Å². The average Bonchev–Trinajstić information content (AvgIpc) is 3.21. The van der Waals surface area contributed by atoms with Crippen LogP contribution < -0.4 is 0 Å². The van der Waals surface area contributed by atoms with Crippen LogP contribution >= 0.6 is 0 Å². The Morgan fingerprint density at radius 1 is 0.680 bits per heavy atom. The van der Waals surface area contributed by atoms with E-state index in [-0.39, 0.29) is 28.7 Å². The predicted molar refractivity (Wildman–Crippen MR) is 79.5 cm³/mol. The van der Waals surface area contributed by atoms with Crippen molar-refractivity contribution in [3.05, 3.63) is 83.9 Å². The standard InChI is InChI=1S/C13H7F6.C5H5.Fe/c14-12(15,16)10-5-9(8-3-1-2-4-8)6-11(7-10)13(17,18)19;1-2-4-5-3-1;/h1-7H;1-5H;/q2*-1;+2. The van der Waals surface area contributed by atoms with E-state index in [2.05, 4.69) is 0 Å². The Hall–Kier alpha value is -1.98. The molecule has 0 N–H and O–H groups in total. The maximum atomic E-state index is 12.6. The summed E-state index contributed by atoms with van der Waals surface area (Å²) in [4.78, 5) is 0. The zero-order valence-corrected chi connectivity index (χ0v) is 13.7. The molecule has 0 aliphatic rings. The van der Waals surface area contributed by atoms with Crippen LogP contribution in [-0.4, -0.2) is 0 Å². The maximum Gasteiger partial charge on any atom is 2.00 e. The Morgan fingerprint density at radius 3 is 1.44 bits per heavy atom. The normalized spacial score (nSPS) is 11.3. The van der Waals surface area contributed by atoms with E-state index in [9.17, 15) is 26.3 Å². The molecule has 0 fully saturated rings. The number of benzene rings is 1. The molecule has 0 spiro atoms. The van der Waals surface area contributed by atoms with Crippen molar-refractivity contribution in [3.63, 3.8) is 0 Å². The Kier molecular flexibility index (Phi) is 7.08. The SMILES string of the molecule is FC(F)(F)c1cc(-[c-]2cccc2)cc(C(F)(F)F)c1.[Fe+2].c1cc[cH-]c1. The van der Waals surface area contributed by atoms with Crippen molar-refractivity contribution < 1.29 is 43.4 Å². The van der Waals surface area contributed by atoms with Gasteiger partial charge in [-0.05, 0) is 0 Å². The van der Waals surface area contributed by atoms with Crippen LogP contribution in [0.1, 0.15) is 11.1 Å². The van der Waals surface area contributed by atoms with Crippen LogP contribution in [0.5, 0.6) is 0 Å². The van der Waals surface area contributed by atoms with Gasteiger partial charge in [0.25, 0.3) is 0 Å². The van der Waals surface area contributed by atoms with Gasteiger partial charge in [-0.15, -0.1) is 29.8 Å². The first kappa shape index (κ1) is 21.1. The molecular formula is C18H12F6Fe. The minimum Gasteiger partial charge on any atom is -0.214 e. The summed E-state index contributed by atoms with van der Waals surface area (Å²) in [6.07, 6.45) is -9.63. The predicted octanol–water partition coefficient (Wildman–Crippen LogP) is 6.51. The van der Waals surface area contributed by atoms with Gasteiger partial charge in [-0.25, -0.2) is 12.1 Å². The van der Waals surface area contributed by atoms with Crippen LogP contribution in [0.3, 0.4) is 0 Å². The Morgan fingerprint density at radius 2 is 1.12 bits per heavy atom. The molecule has 0 heterocycles. The molecule has 7 heteroatoms. The second kappa shape index (κ2) is 8.41. The smallest absolute Gasteiger partial charge is 0.214 e. The van der Waals surface area contributed by atoms with E-state index >= 15 is 0 Å². The molecule has 25 heavy (non-hydrogen) atoms. The van der Waals surface area contributed by atoms with Gasteiger partial charge in [-0.1, -0.05) is 11.6 Å². The molecule has 3 rings (SSSR count). The van der Waals surface area contributed by atoms with Crippen molar-refractivity contribution in [1.29, 1.82) is 0 Å². The summed E-state index contributed by atoms with van der Waals surface area (Å²) in [6.45, 7) is 0. The molecule has 0 saturated heterocycles. The first-order valence-electron chi connectivity index (χ1n) is 6.86. The molecule has 3 aromatic rings. The second-order valence-corrected chi connectivity index (χ2v) is 4.93. The van der Waals surface area contributed by atoms with Crippen LogP contribution in [0.2, 0.25) is 0 Å². The zero-order chi connectivity index (χ0) is 17.8. The molecule has 0 radical (unpaired) electrons. The van der Waals surface area contributed by atoms with Gasteiger partial charge in [0.2, 0.25) is 0 Å². The van der Waals surface area contributed by atoms with Crippen LogP contribution in [-0.2, 0) is 29.4 Å². The minimum absolute atomic E-state index is 0. The van der Waals surface area contributed by atoms with E-state index in [0.717, 1.165) is 0 Å². The fraction of sp³-hybridized carbons (Fsp3) is 0.111. The van der Waals surface area contributed by atoms with Crippen molar-refractivity contribution in [2.24, 2.45) is 0 Å². The molecule has 0 aliphatic heterocycles. The molecule has 0 nitrogen and oxygen atoms in total. The van der Waals surface area contributed by atoms with Crippen molar-refractivity contribution in [1.82, 2.24) is 0 Å². The van der Waals surface area contributed by atoms with Gasteiger partial charge >= 0.3 is 29.4 Å².